The van der Waals surface area contributed by atoms with Gasteiger partial charge in [-0.2, -0.15) is 5.10 Å². The SMILES string of the molecule is O=C(CCC1CCNC1)Nc1cnn(Cc2ccncc2)c1. The molecule has 3 rings (SSSR count). The van der Waals surface area contributed by atoms with Gasteiger partial charge in [-0.1, -0.05) is 0 Å². The Balaban J connectivity index is 1.47. The molecule has 1 atom stereocenters. The smallest absolute Gasteiger partial charge is 0.224 e. The van der Waals surface area contributed by atoms with Crippen LogP contribution in [0.25, 0.3) is 0 Å². The standard InChI is InChI=1S/C16H21N5O/c22-16(2-1-13-3-8-18-9-13)20-15-10-19-21(12-15)11-14-4-6-17-7-5-14/h4-7,10,12-13,18H,1-3,8-9,11H2,(H,20,22). The fraction of sp³-hybridized carbons (Fsp3) is 0.438. The summed E-state index contributed by atoms with van der Waals surface area (Å²) >= 11 is 0. The normalized spacial score (nSPS) is 17.5. The Kier molecular flexibility index (Phi) is 4.80. The van der Waals surface area contributed by atoms with Gasteiger partial charge >= 0.3 is 0 Å². The molecule has 2 aromatic heterocycles. The van der Waals surface area contributed by atoms with E-state index in [1.807, 2.05) is 23.0 Å². The van der Waals surface area contributed by atoms with E-state index in [-0.39, 0.29) is 5.91 Å². The van der Waals surface area contributed by atoms with Crippen molar-refractivity contribution in [2.75, 3.05) is 18.4 Å². The second-order valence-electron chi connectivity index (χ2n) is 5.73. The highest BCUT2D eigenvalue weighted by Gasteiger charge is 2.15. The van der Waals surface area contributed by atoms with Crippen molar-refractivity contribution in [1.82, 2.24) is 20.1 Å². The van der Waals surface area contributed by atoms with Gasteiger partial charge in [0.2, 0.25) is 5.91 Å². The molecule has 0 saturated carbocycles. The maximum Gasteiger partial charge on any atom is 0.224 e. The highest BCUT2D eigenvalue weighted by atomic mass is 16.1. The summed E-state index contributed by atoms with van der Waals surface area (Å²) in [5.41, 5.74) is 1.88. The van der Waals surface area contributed by atoms with Gasteiger partial charge in [0.25, 0.3) is 0 Å². The lowest BCUT2D eigenvalue weighted by Gasteiger charge is -2.07. The van der Waals surface area contributed by atoms with Gasteiger partial charge in [0, 0.05) is 25.0 Å². The van der Waals surface area contributed by atoms with Crippen LogP contribution in [0, 0.1) is 5.92 Å². The van der Waals surface area contributed by atoms with E-state index < -0.39 is 0 Å². The number of carbonyl (C=O) groups is 1. The Bertz CT molecular complexity index is 604. The summed E-state index contributed by atoms with van der Waals surface area (Å²) in [6, 6.07) is 3.91. The molecule has 1 aliphatic heterocycles. The maximum absolute atomic E-state index is 12.0. The molecule has 0 bridgehead atoms. The highest BCUT2D eigenvalue weighted by molar-refractivity contribution is 5.90. The number of hydrogen-bond acceptors (Lipinski definition) is 4. The van der Waals surface area contributed by atoms with Crippen LogP contribution in [-0.2, 0) is 11.3 Å². The van der Waals surface area contributed by atoms with Gasteiger partial charge in [0.05, 0.1) is 18.4 Å². The highest BCUT2D eigenvalue weighted by Crippen LogP contribution is 2.15. The van der Waals surface area contributed by atoms with Crippen molar-refractivity contribution in [1.29, 1.82) is 0 Å². The largest absolute Gasteiger partial charge is 0.323 e. The topological polar surface area (TPSA) is 71.8 Å². The molecule has 0 aromatic carbocycles. The lowest BCUT2D eigenvalue weighted by atomic mass is 10.0. The van der Waals surface area contributed by atoms with Crippen molar-refractivity contribution < 1.29 is 4.79 Å². The van der Waals surface area contributed by atoms with E-state index in [4.69, 9.17) is 0 Å². The molecule has 6 nitrogen and oxygen atoms in total. The zero-order valence-electron chi connectivity index (χ0n) is 12.5. The van der Waals surface area contributed by atoms with Gasteiger partial charge in [-0.25, -0.2) is 0 Å². The van der Waals surface area contributed by atoms with Crippen LogP contribution in [0.5, 0.6) is 0 Å². The van der Waals surface area contributed by atoms with Crippen LogP contribution in [0.1, 0.15) is 24.8 Å². The zero-order valence-corrected chi connectivity index (χ0v) is 12.5. The molecule has 2 N–H and O–H groups in total. The summed E-state index contributed by atoms with van der Waals surface area (Å²) in [5, 5.41) is 10.5. The number of nitrogens with zero attached hydrogens (tertiary/aromatic N) is 3. The molecule has 0 radical (unpaired) electrons. The predicted octanol–water partition coefficient (Wildman–Crippen LogP) is 1.65. The molecule has 0 spiro atoms. The lowest BCUT2D eigenvalue weighted by molar-refractivity contribution is -0.116. The summed E-state index contributed by atoms with van der Waals surface area (Å²) < 4.78 is 1.81. The molecule has 1 unspecified atom stereocenters. The summed E-state index contributed by atoms with van der Waals surface area (Å²) in [5.74, 6) is 0.704. The fourth-order valence-corrected chi connectivity index (χ4v) is 2.71. The van der Waals surface area contributed by atoms with E-state index in [2.05, 4.69) is 20.7 Å². The van der Waals surface area contributed by atoms with E-state index >= 15 is 0 Å². The Morgan fingerprint density at radius 3 is 3.05 bits per heavy atom. The summed E-state index contributed by atoms with van der Waals surface area (Å²) in [7, 11) is 0. The number of pyridine rings is 1. The molecule has 1 amide bonds. The van der Waals surface area contributed by atoms with E-state index in [9.17, 15) is 4.79 Å². The third-order valence-corrected chi connectivity index (χ3v) is 3.95. The second kappa shape index (κ2) is 7.17. The molecule has 22 heavy (non-hydrogen) atoms. The molecule has 2 aromatic rings. The summed E-state index contributed by atoms with van der Waals surface area (Å²) in [6.07, 6.45) is 9.77. The molecule has 6 heteroatoms. The number of rotatable bonds is 6. The zero-order chi connectivity index (χ0) is 15.2. The Morgan fingerprint density at radius 2 is 2.27 bits per heavy atom. The molecule has 0 aliphatic carbocycles. The monoisotopic (exact) mass is 299 g/mol. The Morgan fingerprint density at radius 1 is 1.41 bits per heavy atom. The van der Waals surface area contributed by atoms with Gasteiger partial charge in [-0.3, -0.25) is 14.5 Å². The minimum Gasteiger partial charge on any atom is -0.323 e. The van der Waals surface area contributed by atoms with Gasteiger partial charge in [0.1, 0.15) is 0 Å². The van der Waals surface area contributed by atoms with E-state index in [0.29, 0.717) is 18.9 Å². The van der Waals surface area contributed by atoms with Crippen molar-refractivity contribution in [2.24, 2.45) is 5.92 Å². The van der Waals surface area contributed by atoms with Crippen molar-refractivity contribution >= 4 is 11.6 Å². The van der Waals surface area contributed by atoms with Crippen molar-refractivity contribution in [3.8, 4) is 0 Å². The van der Waals surface area contributed by atoms with Crippen LogP contribution in [0.4, 0.5) is 5.69 Å². The van der Waals surface area contributed by atoms with E-state index in [1.54, 1.807) is 18.6 Å². The molecule has 1 saturated heterocycles. The number of aromatic nitrogens is 3. The molecule has 1 fully saturated rings. The Hall–Kier alpha value is -2.21. The average Bonchev–Trinajstić information content (AvgIpc) is 3.18. The predicted molar refractivity (Wildman–Crippen MR) is 84.4 cm³/mol. The van der Waals surface area contributed by atoms with Crippen LogP contribution < -0.4 is 10.6 Å². The number of carbonyl (C=O) groups excluding carboxylic acids is 1. The molecule has 3 heterocycles. The first-order valence-electron chi connectivity index (χ1n) is 7.71. The van der Waals surface area contributed by atoms with Gasteiger partial charge in [0.15, 0.2) is 0 Å². The third-order valence-electron chi connectivity index (χ3n) is 3.95. The Labute approximate surface area is 129 Å². The van der Waals surface area contributed by atoms with Crippen LogP contribution in [0.3, 0.4) is 0 Å². The van der Waals surface area contributed by atoms with Gasteiger partial charge in [-0.15, -0.1) is 0 Å². The summed E-state index contributed by atoms with van der Waals surface area (Å²) in [4.78, 5) is 16.0. The van der Waals surface area contributed by atoms with E-state index in [0.717, 1.165) is 30.8 Å². The van der Waals surface area contributed by atoms with E-state index in [1.165, 1.54) is 6.42 Å². The number of hydrogen-bond donors (Lipinski definition) is 2. The van der Waals surface area contributed by atoms with Crippen LogP contribution in [-0.4, -0.2) is 33.8 Å². The van der Waals surface area contributed by atoms with Crippen LogP contribution in [0.2, 0.25) is 0 Å². The molecular formula is C16H21N5O. The first-order valence-corrected chi connectivity index (χ1v) is 7.71. The van der Waals surface area contributed by atoms with Crippen LogP contribution >= 0.6 is 0 Å². The van der Waals surface area contributed by atoms with Crippen LogP contribution in [0.15, 0.2) is 36.9 Å². The van der Waals surface area contributed by atoms with Crippen molar-refractivity contribution in [3.05, 3.63) is 42.5 Å². The third kappa shape index (κ3) is 4.14. The maximum atomic E-state index is 12.0. The van der Waals surface area contributed by atoms with Crippen molar-refractivity contribution in [3.63, 3.8) is 0 Å². The first kappa shape index (κ1) is 14.7. The molecular weight excluding hydrogens is 278 g/mol. The number of nitrogens with one attached hydrogen (secondary N) is 2. The van der Waals surface area contributed by atoms with Crippen molar-refractivity contribution in [2.45, 2.75) is 25.8 Å². The minimum absolute atomic E-state index is 0.0651. The number of amides is 1. The average molecular weight is 299 g/mol. The summed E-state index contributed by atoms with van der Waals surface area (Å²) in [6.45, 7) is 2.79. The minimum atomic E-state index is 0.0651. The fourth-order valence-electron chi connectivity index (χ4n) is 2.71. The first-order chi connectivity index (χ1) is 10.8. The second-order valence-corrected chi connectivity index (χ2v) is 5.73. The number of anilines is 1. The van der Waals surface area contributed by atoms with Gasteiger partial charge < -0.3 is 10.6 Å². The molecule has 1 aliphatic rings. The quantitative estimate of drug-likeness (QED) is 0.851. The molecule has 116 valence electrons. The van der Waals surface area contributed by atoms with Gasteiger partial charge in [-0.05, 0) is 49.5 Å². The lowest BCUT2D eigenvalue weighted by Crippen LogP contribution is -2.14.